The third-order valence-corrected chi connectivity index (χ3v) is 4.64. The van der Waals surface area contributed by atoms with Gasteiger partial charge in [0.2, 0.25) is 5.89 Å². The summed E-state index contributed by atoms with van der Waals surface area (Å²) in [7, 11) is -3.15. The summed E-state index contributed by atoms with van der Waals surface area (Å²) in [5, 5.41) is 3.72. The fourth-order valence-corrected chi connectivity index (χ4v) is 3.15. The molecule has 0 aliphatic heterocycles. The van der Waals surface area contributed by atoms with Crippen LogP contribution in [0, 0.1) is 5.92 Å². The third-order valence-electron chi connectivity index (χ3n) is 3.86. The second-order valence-electron chi connectivity index (χ2n) is 5.59. The van der Waals surface area contributed by atoms with Crippen molar-refractivity contribution in [2.24, 2.45) is 11.7 Å². The lowest BCUT2D eigenvalue weighted by atomic mass is 9.76. The van der Waals surface area contributed by atoms with Crippen LogP contribution < -0.4 is 5.73 Å². The topological polar surface area (TPSA) is 99.1 Å². The van der Waals surface area contributed by atoms with Crippen LogP contribution >= 0.6 is 0 Å². The largest absolute Gasteiger partial charge is 0.337 e. The number of nitrogens with zero attached hydrogens (tertiary/aromatic N) is 2. The molecule has 19 heavy (non-hydrogen) atoms. The normalized spacial score (nSPS) is 28.5. The molecule has 1 aromatic heterocycles. The standard InChI is InChI=1S/C12H21N3O3S/c1-3-9-4-6-12(13,7-5-9)11-14-10(15-18-11)8-19(2,16)17/h9H,3-8,13H2,1-2H3. The first-order chi connectivity index (χ1) is 8.82. The quantitative estimate of drug-likeness (QED) is 0.897. The summed E-state index contributed by atoms with van der Waals surface area (Å²) < 4.78 is 27.6. The Bertz CT molecular complexity index is 530. The number of nitrogens with two attached hydrogens (primary N) is 1. The van der Waals surface area contributed by atoms with Crippen molar-refractivity contribution in [3.05, 3.63) is 11.7 Å². The van der Waals surface area contributed by atoms with Gasteiger partial charge < -0.3 is 10.3 Å². The Kier molecular flexibility index (Phi) is 3.96. The van der Waals surface area contributed by atoms with Gasteiger partial charge >= 0.3 is 0 Å². The zero-order valence-corrected chi connectivity index (χ0v) is 12.2. The van der Waals surface area contributed by atoms with Gasteiger partial charge in [0.05, 0.1) is 5.54 Å². The number of aromatic nitrogens is 2. The van der Waals surface area contributed by atoms with Crippen LogP contribution in [0.1, 0.15) is 50.7 Å². The third kappa shape index (κ3) is 3.54. The number of hydrogen-bond acceptors (Lipinski definition) is 6. The Hall–Kier alpha value is -0.950. The molecule has 1 saturated carbocycles. The first-order valence-corrected chi connectivity index (χ1v) is 8.68. The van der Waals surface area contributed by atoms with E-state index in [9.17, 15) is 8.42 Å². The molecule has 0 bridgehead atoms. The van der Waals surface area contributed by atoms with Crippen LogP contribution in [0.5, 0.6) is 0 Å². The van der Waals surface area contributed by atoms with Gasteiger partial charge in [-0.1, -0.05) is 18.5 Å². The average Bonchev–Trinajstić information content (AvgIpc) is 2.77. The van der Waals surface area contributed by atoms with Crippen molar-refractivity contribution in [2.75, 3.05) is 6.26 Å². The summed E-state index contributed by atoms with van der Waals surface area (Å²) in [5.41, 5.74) is 5.74. The van der Waals surface area contributed by atoms with Crippen molar-refractivity contribution in [3.63, 3.8) is 0 Å². The van der Waals surface area contributed by atoms with E-state index in [4.69, 9.17) is 10.3 Å². The highest BCUT2D eigenvalue weighted by atomic mass is 32.2. The molecule has 0 saturated heterocycles. The molecule has 1 aliphatic carbocycles. The lowest BCUT2D eigenvalue weighted by molar-refractivity contribution is 0.181. The van der Waals surface area contributed by atoms with Crippen molar-refractivity contribution >= 4 is 9.84 Å². The summed E-state index contributed by atoms with van der Waals surface area (Å²) in [4.78, 5) is 4.16. The summed E-state index contributed by atoms with van der Waals surface area (Å²) in [6, 6.07) is 0. The number of rotatable bonds is 4. The van der Waals surface area contributed by atoms with E-state index in [0.717, 1.165) is 37.9 Å². The Balaban J connectivity index is 2.10. The molecule has 1 aliphatic rings. The van der Waals surface area contributed by atoms with Crippen LogP contribution in [0.15, 0.2) is 4.52 Å². The van der Waals surface area contributed by atoms with Crippen molar-refractivity contribution in [3.8, 4) is 0 Å². The SMILES string of the molecule is CCC1CCC(N)(c2nc(CS(C)(=O)=O)no2)CC1. The van der Waals surface area contributed by atoms with Crippen molar-refractivity contribution < 1.29 is 12.9 Å². The molecule has 0 spiro atoms. The van der Waals surface area contributed by atoms with Gasteiger partial charge in [0.15, 0.2) is 15.7 Å². The summed E-state index contributed by atoms with van der Waals surface area (Å²) in [6.07, 6.45) is 6.04. The Morgan fingerprint density at radius 1 is 1.42 bits per heavy atom. The van der Waals surface area contributed by atoms with Crippen molar-refractivity contribution in [1.29, 1.82) is 0 Å². The molecule has 0 aromatic carbocycles. The summed E-state index contributed by atoms with van der Waals surface area (Å²) >= 11 is 0. The molecule has 1 fully saturated rings. The maximum atomic E-state index is 11.2. The van der Waals surface area contributed by atoms with Crippen molar-refractivity contribution in [2.45, 2.75) is 50.3 Å². The Morgan fingerprint density at radius 3 is 2.58 bits per heavy atom. The molecular weight excluding hydrogens is 266 g/mol. The molecule has 0 radical (unpaired) electrons. The molecule has 2 N–H and O–H groups in total. The lowest BCUT2D eigenvalue weighted by Gasteiger charge is -2.33. The fraction of sp³-hybridized carbons (Fsp3) is 0.833. The van der Waals surface area contributed by atoms with Gasteiger partial charge in [-0.25, -0.2) is 8.42 Å². The highest BCUT2D eigenvalue weighted by Gasteiger charge is 2.37. The first-order valence-electron chi connectivity index (χ1n) is 6.62. The minimum atomic E-state index is -3.15. The van der Waals surface area contributed by atoms with E-state index in [-0.39, 0.29) is 11.6 Å². The molecular formula is C12H21N3O3S. The molecule has 7 heteroatoms. The summed E-state index contributed by atoms with van der Waals surface area (Å²) in [5.74, 6) is 1.08. The van der Waals surface area contributed by atoms with Crippen LogP contribution in [0.25, 0.3) is 0 Å². The molecule has 6 nitrogen and oxygen atoms in total. The van der Waals surface area contributed by atoms with E-state index < -0.39 is 15.4 Å². The molecule has 2 rings (SSSR count). The van der Waals surface area contributed by atoms with E-state index >= 15 is 0 Å². The molecule has 108 valence electrons. The van der Waals surface area contributed by atoms with Gasteiger partial charge in [0.1, 0.15) is 5.75 Å². The van der Waals surface area contributed by atoms with Crippen LogP contribution in [-0.2, 0) is 21.1 Å². The first kappa shape index (κ1) is 14.5. The Labute approximate surface area is 113 Å². The molecule has 1 heterocycles. The van der Waals surface area contributed by atoms with Gasteiger partial charge in [0.25, 0.3) is 0 Å². The zero-order chi connectivity index (χ0) is 14.1. The molecule has 0 amide bonds. The molecule has 1 aromatic rings. The number of sulfone groups is 1. The van der Waals surface area contributed by atoms with Crippen LogP contribution in [0.3, 0.4) is 0 Å². The van der Waals surface area contributed by atoms with Gasteiger partial charge in [-0.15, -0.1) is 0 Å². The van der Waals surface area contributed by atoms with Gasteiger partial charge in [0, 0.05) is 6.26 Å². The highest BCUT2D eigenvalue weighted by molar-refractivity contribution is 7.89. The zero-order valence-electron chi connectivity index (χ0n) is 11.4. The van der Waals surface area contributed by atoms with Gasteiger partial charge in [-0.05, 0) is 31.6 Å². The van der Waals surface area contributed by atoms with Gasteiger partial charge in [-0.3, -0.25) is 0 Å². The van der Waals surface area contributed by atoms with Gasteiger partial charge in [-0.2, -0.15) is 4.98 Å². The van der Waals surface area contributed by atoms with E-state index in [1.54, 1.807) is 0 Å². The maximum absolute atomic E-state index is 11.2. The Morgan fingerprint density at radius 2 is 2.05 bits per heavy atom. The summed E-state index contributed by atoms with van der Waals surface area (Å²) in [6.45, 7) is 2.19. The minimum Gasteiger partial charge on any atom is -0.337 e. The molecule has 0 unspecified atom stereocenters. The predicted molar refractivity (Wildman–Crippen MR) is 71.0 cm³/mol. The van der Waals surface area contributed by atoms with Crippen molar-refractivity contribution in [1.82, 2.24) is 10.1 Å². The average molecular weight is 287 g/mol. The second kappa shape index (κ2) is 5.20. The van der Waals surface area contributed by atoms with E-state index in [1.807, 2.05) is 0 Å². The lowest BCUT2D eigenvalue weighted by Crippen LogP contribution is -2.40. The van der Waals surface area contributed by atoms with Crippen LogP contribution in [-0.4, -0.2) is 24.8 Å². The second-order valence-corrected chi connectivity index (χ2v) is 7.73. The van der Waals surface area contributed by atoms with Crippen LogP contribution in [0.4, 0.5) is 0 Å². The maximum Gasteiger partial charge on any atom is 0.246 e. The van der Waals surface area contributed by atoms with Crippen LogP contribution in [0.2, 0.25) is 0 Å². The monoisotopic (exact) mass is 287 g/mol. The molecule has 0 atom stereocenters. The predicted octanol–water partition coefficient (Wildman–Crippen LogP) is 1.37. The van der Waals surface area contributed by atoms with E-state index in [2.05, 4.69) is 17.1 Å². The highest BCUT2D eigenvalue weighted by Crippen LogP contribution is 2.37. The van der Waals surface area contributed by atoms with E-state index in [0.29, 0.717) is 5.89 Å². The number of hydrogen-bond donors (Lipinski definition) is 1. The minimum absolute atomic E-state index is 0.194. The van der Waals surface area contributed by atoms with E-state index in [1.165, 1.54) is 6.42 Å². The smallest absolute Gasteiger partial charge is 0.246 e. The fourth-order valence-electron chi connectivity index (χ4n) is 2.56.